The van der Waals surface area contributed by atoms with E-state index in [9.17, 15) is 18.8 Å². The average Bonchev–Trinajstić information content (AvgIpc) is 3.11. The molecule has 1 aromatic rings. The predicted octanol–water partition coefficient (Wildman–Crippen LogP) is 0.562. The molecule has 2 aliphatic rings. The standard InChI is InChI=1S/C18H22FN3O3/c1-11(23)22-15(18(25)20-2)8-13-9-21(10-16(13)22)17(24)7-12-4-3-5-14(19)6-12/h3-6,13,15-16H,7-10H2,1-2H3,(H,20,25)/t13-,15-,16+/m1/s1. The summed E-state index contributed by atoms with van der Waals surface area (Å²) in [5, 5.41) is 2.60. The lowest BCUT2D eigenvalue weighted by Crippen LogP contribution is -2.49. The fourth-order valence-electron chi connectivity index (χ4n) is 4.02. The van der Waals surface area contributed by atoms with E-state index in [1.54, 1.807) is 29.0 Å². The Labute approximate surface area is 146 Å². The number of carbonyl (C=O) groups excluding carboxylic acids is 3. The highest BCUT2D eigenvalue weighted by Gasteiger charge is 2.50. The smallest absolute Gasteiger partial charge is 0.242 e. The molecule has 0 bridgehead atoms. The van der Waals surface area contributed by atoms with Crippen LogP contribution < -0.4 is 5.32 Å². The molecule has 2 fully saturated rings. The van der Waals surface area contributed by atoms with Crippen LogP contribution in [0.5, 0.6) is 0 Å². The average molecular weight is 347 g/mol. The lowest BCUT2D eigenvalue weighted by molar-refractivity contribution is -0.139. The maximum Gasteiger partial charge on any atom is 0.242 e. The Kier molecular flexibility index (Phi) is 4.74. The van der Waals surface area contributed by atoms with E-state index in [1.165, 1.54) is 19.1 Å². The molecule has 0 unspecified atom stereocenters. The van der Waals surface area contributed by atoms with Gasteiger partial charge in [-0.05, 0) is 24.1 Å². The fraction of sp³-hybridized carbons (Fsp3) is 0.500. The number of hydrogen-bond donors (Lipinski definition) is 1. The molecule has 3 rings (SSSR count). The van der Waals surface area contributed by atoms with Crippen LogP contribution >= 0.6 is 0 Å². The number of nitrogens with one attached hydrogen (secondary N) is 1. The van der Waals surface area contributed by atoms with Crippen molar-refractivity contribution in [2.24, 2.45) is 5.92 Å². The number of amides is 3. The summed E-state index contributed by atoms with van der Waals surface area (Å²) in [6.45, 7) is 2.40. The van der Waals surface area contributed by atoms with Gasteiger partial charge >= 0.3 is 0 Å². The number of fused-ring (bicyclic) bond motifs is 1. The highest BCUT2D eigenvalue weighted by atomic mass is 19.1. The number of carbonyl (C=O) groups is 3. The second-order valence-corrected chi connectivity index (χ2v) is 6.72. The van der Waals surface area contributed by atoms with E-state index in [0.717, 1.165) is 0 Å². The molecule has 1 N–H and O–H groups in total. The molecular formula is C18H22FN3O3. The molecule has 3 atom stereocenters. The first-order valence-corrected chi connectivity index (χ1v) is 8.43. The Morgan fingerprint density at radius 3 is 2.68 bits per heavy atom. The second kappa shape index (κ2) is 6.82. The first-order valence-electron chi connectivity index (χ1n) is 8.43. The van der Waals surface area contributed by atoms with Crippen LogP contribution in [0.1, 0.15) is 18.9 Å². The van der Waals surface area contributed by atoms with E-state index in [-0.39, 0.29) is 41.9 Å². The van der Waals surface area contributed by atoms with Crippen molar-refractivity contribution in [3.63, 3.8) is 0 Å². The van der Waals surface area contributed by atoms with Crippen molar-refractivity contribution in [1.82, 2.24) is 15.1 Å². The Balaban J connectivity index is 1.68. The number of hydrogen-bond acceptors (Lipinski definition) is 3. The Hall–Kier alpha value is -2.44. The minimum Gasteiger partial charge on any atom is -0.357 e. The van der Waals surface area contributed by atoms with E-state index < -0.39 is 6.04 Å². The van der Waals surface area contributed by atoms with Gasteiger partial charge in [0.15, 0.2) is 0 Å². The minimum atomic E-state index is -0.460. The number of likely N-dealkylation sites (tertiary alicyclic amines) is 2. The lowest BCUT2D eigenvalue weighted by atomic mass is 10.0. The molecule has 2 aliphatic heterocycles. The Bertz CT molecular complexity index is 709. The lowest BCUT2D eigenvalue weighted by Gasteiger charge is -2.28. The summed E-state index contributed by atoms with van der Waals surface area (Å²) in [7, 11) is 1.56. The van der Waals surface area contributed by atoms with Crippen LogP contribution in [-0.4, -0.2) is 59.7 Å². The summed E-state index contributed by atoms with van der Waals surface area (Å²) in [6, 6.07) is 5.42. The number of nitrogens with zero attached hydrogens (tertiary/aromatic N) is 2. The molecule has 134 valence electrons. The summed E-state index contributed by atoms with van der Waals surface area (Å²) in [5.41, 5.74) is 0.633. The summed E-state index contributed by atoms with van der Waals surface area (Å²) < 4.78 is 13.3. The van der Waals surface area contributed by atoms with Crippen molar-refractivity contribution in [3.8, 4) is 0 Å². The molecular weight excluding hydrogens is 325 g/mol. The van der Waals surface area contributed by atoms with Gasteiger partial charge in [0.1, 0.15) is 11.9 Å². The van der Waals surface area contributed by atoms with Crippen LogP contribution in [0, 0.1) is 11.7 Å². The van der Waals surface area contributed by atoms with Gasteiger partial charge in [-0.3, -0.25) is 14.4 Å². The zero-order valence-corrected chi connectivity index (χ0v) is 14.4. The quantitative estimate of drug-likeness (QED) is 0.869. The number of halogens is 1. The van der Waals surface area contributed by atoms with Gasteiger partial charge in [0.05, 0.1) is 12.5 Å². The van der Waals surface area contributed by atoms with Crippen molar-refractivity contribution < 1.29 is 18.8 Å². The maximum absolute atomic E-state index is 13.3. The van der Waals surface area contributed by atoms with Crippen LogP contribution in [0.3, 0.4) is 0 Å². The summed E-state index contributed by atoms with van der Waals surface area (Å²) in [6.07, 6.45) is 0.698. The molecule has 0 spiro atoms. The van der Waals surface area contributed by atoms with Gasteiger partial charge in [-0.2, -0.15) is 0 Å². The van der Waals surface area contributed by atoms with Gasteiger partial charge in [-0.15, -0.1) is 0 Å². The van der Waals surface area contributed by atoms with E-state index >= 15 is 0 Å². The van der Waals surface area contributed by atoms with Crippen molar-refractivity contribution in [2.75, 3.05) is 20.1 Å². The summed E-state index contributed by atoms with van der Waals surface area (Å²) >= 11 is 0. The topological polar surface area (TPSA) is 69.7 Å². The molecule has 0 aromatic heterocycles. The fourth-order valence-corrected chi connectivity index (χ4v) is 4.02. The molecule has 25 heavy (non-hydrogen) atoms. The van der Waals surface area contributed by atoms with Gasteiger partial charge in [0.25, 0.3) is 0 Å². The van der Waals surface area contributed by atoms with E-state index in [0.29, 0.717) is 25.1 Å². The molecule has 2 heterocycles. The molecule has 6 nitrogen and oxygen atoms in total. The number of likely N-dealkylation sites (N-methyl/N-ethyl adjacent to an activating group) is 1. The third-order valence-corrected chi connectivity index (χ3v) is 5.14. The molecule has 0 radical (unpaired) electrons. The Morgan fingerprint density at radius 2 is 2.04 bits per heavy atom. The number of rotatable bonds is 3. The van der Waals surface area contributed by atoms with Crippen molar-refractivity contribution in [2.45, 2.75) is 31.8 Å². The van der Waals surface area contributed by atoms with Crippen LogP contribution in [0.15, 0.2) is 24.3 Å². The third kappa shape index (κ3) is 3.36. The second-order valence-electron chi connectivity index (χ2n) is 6.72. The van der Waals surface area contributed by atoms with Crippen molar-refractivity contribution >= 4 is 17.7 Å². The summed E-state index contributed by atoms with van der Waals surface area (Å²) in [5.74, 6) is -0.662. The SMILES string of the molecule is CNC(=O)[C@H]1C[C@@H]2CN(C(=O)Cc3cccc(F)c3)C[C@@H]2N1C(C)=O. The highest BCUT2D eigenvalue weighted by Crippen LogP contribution is 2.36. The van der Waals surface area contributed by atoms with E-state index in [1.807, 2.05) is 0 Å². The molecule has 0 aliphatic carbocycles. The molecule has 0 saturated carbocycles. The van der Waals surface area contributed by atoms with Crippen LogP contribution in [0.25, 0.3) is 0 Å². The van der Waals surface area contributed by atoms with E-state index in [2.05, 4.69) is 5.32 Å². The number of benzene rings is 1. The molecule has 7 heteroatoms. The van der Waals surface area contributed by atoms with Gasteiger partial charge in [-0.1, -0.05) is 12.1 Å². The first kappa shape index (κ1) is 17.4. The van der Waals surface area contributed by atoms with E-state index in [4.69, 9.17) is 0 Å². The van der Waals surface area contributed by atoms with Gasteiger partial charge in [0, 0.05) is 33.0 Å². The van der Waals surface area contributed by atoms with Crippen LogP contribution in [-0.2, 0) is 20.8 Å². The minimum absolute atomic E-state index is 0.0833. The normalized spacial score (nSPS) is 25.0. The highest BCUT2D eigenvalue weighted by molar-refractivity contribution is 5.88. The largest absolute Gasteiger partial charge is 0.357 e. The molecule has 3 amide bonds. The summed E-state index contributed by atoms with van der Waals surface area (Å²) in [4.78, 5) is 39.9. The Morgan fingerprint density at radius 1 is 1.28 bits per heavy atom. The maximum atomic E-state index is 13.3. The zero-order chi connectivity index (χ0) is 18.1. The van der Waals surface area contributed by atoms with Crippen LogP contribution in [0.2, 0.25) is 0 Å². The predicted molar refractivity (Wildman–Crippen MR) is 89.0 cm³/mol. The third-order valence-electron chi connectivity index (χ3n) is 5.14. The molecule has 1 aromatic carbocycles. The van der Waals surface area contributed by atoms with Crippen molar-refractivity contribution in [1.29, 1.82) is 0 Å². The first-order chi connectivity index (χ1) is 11.9. The van der Waals surface area contributed by atoms with Crippen LogP contribution in [0.4, 0.5) is 4.39 Å². The van der Waals surface area contributed by atoms with Gasteiger partial charge < -0.3 is 15.1 Å². The molecule has 2 saturated heterocycles. The van der Waals surface area contributed by atoms with Gasteiger partial charge in [0.2, 0.25) is 17.7 Å². The monoisotopic (exact) mass is 347 g/mol. The van der Waals surface area contributed by atoms with Crippen molar-refractivity contribution in [3.05, 3.63) is 35.6 Å². The zero-order valence-electron chi connectivity index (χ0n) is 14.4. The van der Waals surface area contributed by atoms with Gasteiger partial charge in [-0.25, -0.2) is 4.39 Å².